The second kappa shape index (κ2) is 11.2. The maximum Gasteiger partial charge on any atom is 0.409 e. The highest BCUT2D eigenvalue weighted by atomic mass is 28.3. The van der Waals surface area contributed by atoms with E-state index < -0.39 is 26.0 Å². The topological polar surface area (TPSA) is 136 Å². The molecule has 0 saturated heterocycles. The number of hydrogen-bond donors (Lipinski definition) is 2. The van der Waals surface area contributed by atoms with Crippen LogP contribution in [0.1, 0.15) is 25.3 Å². The van der Waals surface area contributed by atoms with E-state index in [2.05, 4.69) is 42.1 Å². The number of aromatic nitrogens is 2. The SMILES string of the molecule is CC1=NC(C)=C(C#N)C(c2ccc3c(c2)c(-c2ccc(NC(=O)O)cc2)nn3COCC[Si](C)(C)C)C1C#N. The molecule has 1 aliphatic rings. The third-order valence-electron chi connectivity index (χ3n) is 6.84. The Kier molecular flexibility index (Phi) is 8.00. The first kappa shape index (κ1) is 27.8. The van der Waals surface area contributed by atoms with Crippen LogP contribution >= 0.6 is 0 Å². The average Bonchev–Trinajstić information content (AvgIpc) is 3.23. The fraction of sp³-hybridized carbons (Fsp3) is 0.345. The van der Waals surface area contributed by atoms with Gasteiger partial charge in [-0.1, -0.05) is 37.8 Å². The lowest BCUT2D eigenvalue weighted by molar-refractivity contribution is 0.0818. The molecule has 1 aliphatic heterocycles. The Balaban J connectivity index is 1.80. The summed E-state index contributed by atoms with van der Waals surface area (Å²) in [5, 5.41) is 37.0. The number of benzene rings is 2. The second-order valence-corrected chi connectivity index (χ2v) is 16.6. The van der Waals surface area contributed by atoms with Crippen molar-refractivity contribution in [2.75, 3.05) is 11.9 Å². The average molecular weight is 541 g/mol. The van der Waals surface area contributed by atoms with Gasteiger partial charge in [0.2, 0.25) is 0 Å². The summed E-state index contributed by atoms with van der Waals surface area (Å²) in [5.74, 6) is -0.987. The summed E-state index contributed by atoms with van der Waals surface area (Å²) in [4.78, 5) is 15.5. The van der Waals surface area contributed by atoms with Gasteiger partial charge in [0.05, 0.1) is 34.8 Å². The maximum absolute atomic E-state index is 11.0. The van der Waals surface area contributed by atoms with Crippen molar-refractivity contribution < 1.29 is 14.6 Å². The first-order valence-corrected chi connectivity index (χ1v) is 16.5. The standard InChI is InChI=1S/C29H32N6O3Si/c1-18-24(15-30)27(25(16-31)19(2)32-18)21-8-11-26-23(14-21)28(20-6-9-22(10-7-20)33-29(36)37)34-35(26)17-38-12-13-39(3,4)5/h6-11,14,24,27,33H,12-13,17H2,1-5H3,(H,36,37). The first-order chi connectivity index (χ1) is 18.5. The van der Waals surface area contributed by atoms with Gasteiger partial charge in [0.15, 0.2) is 0 Å². The highest BCUT2D eigenvalue weighted by Crippen LogP contribution is 2.40. The summed E-state index contributed by atoms with van der Waals surface area (Å²) in [6, 6.07) is 18.6. The van der Waals surface area contributed by atoms with Crippen molar-refractivity contribution in [3.8, 4) is 23.4 Å². The number of allylic oxidation sites excluding steroid dienone is 2. The zero-order chi connectivity index (χ0) is 28.3. The number of aliphatic imine (C=N–C) groups is 1. The van der Waals surface area contributed by atoms with E-state index in [4.69, 9.17) is 14.9 Å². The number of rotatable bonds is 8. The van der Waals surface area contributed by atoms with Gasteiger partial charge >= 0.3 is 6.09 Å². The minimum Gasteiger partial charge on any atom is -0.465 e. The molecule has 0 bridgehead atoms. The predicted octanol–water partition coefficient (Wildman–Crippen LogP) is 6.60. The van der Waals surface area contributed by atoms with E-state index in [9.17, 15) is 15.3 Å². The largest absolute Gasteiger partial charge is 0.465 e. The Morgan fingerprint density at radius 1 is 1.15 bits per heavy atom. The van der Waals surface area contributed by atoms with Gasteiger partial charge in [0.1, 0.15) is 12.4 Å². The van der Waals surface area contributed by atoms with E-state index in [1.807, 2.05) is 41.9 Å². The van der Waals surface area contributed by atoms with E-state index in [-0.39, 0.29) is 6.73 Å². The van der Waals surface area contributed by atoms with Crippen molar-refractivity contribution >= 4 is 36.5 Å². The summed E-state index contributed by atoms with van der Waals surface area (Å²) < 4.78 is 7.83. The molecule has 0 aliphatic carbocycles. The molecule has 0 spiro atoms. The van der Waals surface area contributed by atoms with E-state index in [1.54, 1.807) is 19.1 Å². The molecule has 2 heterocycles. The number of hydrogen-bond acceptors (Lipinski definition) is 6. The lowest BCUT2D eigenvalue weighted by Gasteiger charge is -2.26. The molecule has 1 aromatic heterocycles. The number of carboxylic acid groups (broad SMARTS) is 1. The van der Waals surface area contributed by atoms with Crippen LogP contribution in [0.4, 0.5) is 10.5 Å². The normalized spacial score (nSPS) is 17.5. The van der Waals surface area contributed by atoms with Crippen LogP contribution in [0.2, 0.25) is 25.7 Å². The second-order valence-electron chi connectivity index (χ2n) is 10.9. The summed E-state index contributed by atoms with van der Waals surface area (Å²) in [5.41, 5.74) is 5.47. The molecule has 39 heavy (non-hydrogen) atoms. The fourth-order valence-electron chi connectivity index (χ4n) is 4.77. The molecule has 0 fully saturated rings. The molecule has 2 unspecified atom stereocenters. The summed E-state index contributed by atoms with van der Waals surface area (Å²) in [7, 11) is -1.24. The van der Waals surface area contributed by atoms with Gasteiger partial charge in [-0.15, -0.1) is 0 Å². The molecule has 200 valence electrons. The molecule has 4 rings (SSSR count). The Morgan fingerprint density at radius 3 is 2.49 bits per heavy atom. The molecule has 2 N–H and O–H groups in total. The lowest BCUT2D eigenvalue weighted by Crippen LogP contribution is -2.24. The number of nitriles is 2. The van der Waals surface area contributed by atoms with Crippen molar-refractivity contribution in [3.63, 3.8) is 0 Å². The van der Waals surface area contributed by atoms with Gasteiger partial charge < -0.3 is 9.84 Å². The van der Waals surface area contributed by atoms with Gasteiger partial charge in [-0.2, -0.15) is 15.6 Å². The number of anilines is 1. The Bertz CT molecular complexity index is 1550. The van der Waals surface area contributed by atoms with Crippen LogP contribution in [0, 0.1) is 28.6 Å². The van der Waals surface area contributed by atoms with Crippen molar-refractivity contribution in [2.45, 2.75) is 52.2 Å². The molecular formula is C29H32N6O3Si. The van der Waals surface area contributed by atoms with Gasteiger partial charge in [-0.05, 0) is 49.7 Å². The maximum atomic E-state index is 11.0. The Labute approximate surface area is 229 Å². The molecule has 2 atom stereocenters. The van der Waals surface area contributed by atoms with Crippen LogP contribution in [0.5, 0.6) is 0 Å². The lowest BCUT2D eigenvalue weighted by atomic mass is 9.76. The van der Waals surface area contributed by atoms with Crippen LogP contribution in [0.25, 0.3) is 22.2 Å². The first-order valence-electron chi connectivity index (χ1n) is 12.8. The van der Waals surface area contributed by atoms with Crippen LogP contribution in [-0.2, 0) is 11.5 Å². The van der Waals surface area contributed by atoms with Gasteiger partial charge in [0.25, 0.3) is 0 Å². The molecule has 0 saturated carbocycles. The highest BCUT2D eigenvalue weighted by Gasteiger charge is 2.34. The van der Waals surface area contributed by atoms with Crippen molar-refractivity contribution in [2.24, 2.45) is 10.9 Å². The van der Waals surface area contributed by atoms with Crippen molar-refractivity contribution in [3.05, 3.63) is 59.3 Å². The molecule has 2 aromatic carbocycles. The molecule has 0 radical (unpaired) electrons. The number of nitrogens with zero attached hydrogens (tertiary/aromatic N) is 5. The zero-order valence-electron chi connectivity index (χ0n) is 22.8. The van der Waals surface area contributed by atoms with Gasteiger partial charge in [-0.3, -0.25) is 10.3 Å². The number of ether oxygens (including phenoxy) is 1. The van der Waals surface area contributed by atoms with Gasteiger partial charge in [-0.25, -0.2) is 9.48 Å². The fourth-order valence-corrected chi connectivity index (χ4v) is 5.53. The Hall–Kier alpha value is -4.25. The number of nitrogens with one attached hydrogen (secondary N) is 1. The number of carbonyl (C=O) groups is 1. The third kappa shape index (κ3) is 6.09. The summed E-state index contributed by atoms with van der Waals surface area (Å²) in [6.07, 6.45) is -1.13. The zero-order valence-corrected chi connectivity index (χ0v) is 23.8. The van der Waals surface area contributed by atoms with Crippen LogP contribution in [0.15, 0.2) is 58.7 Å². The van der Waals surface area contributed by atoms with Crippen molar-refractivity contribution in [1.29, 1.82) is 10.5 Å². The smallest absolute Gasteiger partial charge is 0.409 e. The van der Waals surface area contributed by atoms with Crippen LogP contribution < -0.4 is 5.32 Å². The number of amides is 1. The quantitative estimate of drug-likeness (QED) is 0.244. The molecule has 9 nitrogen and oxygen atoms in total. The summed E-state index contributed by atoms with van der Waals surface area (Å²) >= 11 is 0. The number of fused-ring (bicyclic) bond motifs is 1. The molecule has 1 amide bonds. The molecular weight excluding hydrogens is 508 g/mol. The van der Waals surface area contributed by atoms with Crippen molar-refractivity contribution in [1.82, 2.24) is 9.78 Å². The monoisotopic (exact) mass is 540 g/mol. The summed E-state index contributed by atoms with van der Waals surface area (Å²) in [6.45, 7) is 11.5. The minimum absolute atomic E-state index is 0.289. The van der Waals surface area contributed by atoms with E-state index in [0.29, 0.717) is 35.0 Å². The van der Waals surface area contributed by atoms with E-state index in [0.717, 1.165) is 28.1 Å². The van der Waals surface area contributed by atoms with Crippen LogP contribution in [0.3, 0.4) is 0 Å². The van der Waals surface area contributed by atoms with Crippen LogP contribution in [-0.4, -0.2) is 41.4 Å². The van der Waals surface area contributed by atoms with E-state index >= 15 is 0 Å². The van der Waals surface area contributed by atoms with E-state index in [1.165, 1.54) is 0 Å². The molecule has 10 heteroatoms. The van der Waals surface area contributed by atoms with Gasteiger partial charge in [0, 0.05) is 42.9 Å². The minimum atomic E-state index is -1.24. The highest BCUT2D eigenvalue weighted by molar-refractivity contribution is 6.76. The Morgan fingerprint density at radius 2 is 1.87 bits per heavy atom. The predicted molar refractivity (Wildman–Crippen MR) is 154 cm³/mol. The third-order valence-corrected chi connectivity index (χ3v) is 8.55. The molecule has 3 aromatic rings.